The van der Waals surface area contributed by atoms with Crippen molar-refractivity contribution >= 4 is 23.2 Å². The van der Waals surface area contributed by atoms with E-state index in [0.717, 1.165) is 0 Å². The van der Waals surface area contributed by atoms with E-state index in [1.807, 2.05) is 6.07 Å². The highest BCUT2D eigenvalue weighted by Gasteiger charge is 2.31. The number of hydrogen-bond donors (Lipinski definition) is 2. The summed E-state index contributed by atoms with van der Waals surface area (Å²) in [6.07, 6.45) is 0. The number of nitrogens with one attached hydrogen (secondary N) is 1. The van der Waals surface area contributed by atoms with Crippen molar-refractivity contribution in [2.75, 3.05) is 11.9 Å². The second kappa shape index (κ2) is 7.97. The predicted molar refractivity (Wildman–Crippen MR) is 92.2 cm³/mol. The molecule has 0 saturated carbocycles. The Bertz CT molecular complexity index is 801. The smallest absolute Gasteiger partial charge is 0.259 e. The van der Waals surface area contributed by atoms with Gasteiger partial charge >= 0.3 is 0 Å². The quantitative estimate of drug-likeness (QED) is 0.824. The monoisotopic (exact) mass is 362 g/mol. The van der Waals surface area contributed by atoms with Crippen LogP contribution in [0.5, 0.6) is 5.75 Å². The largest absolute Gasteiger partial charge is 0.490 e. The minimum atomic E-state index is -1.82. The lowest BCUT2D eigenvalue weighted by Crippen LogP contribution is -2.45. The van der Waals surface area contributed by atoms with E-state index in [4.69, 9.17) is 21.6 Å². The molecule has 2 aromatic carbocycles. The van der Waals surface area contributed by atoms with Gasteiger partial charge in [-0.3, -0.25) is 4.79 Å². The molecule has 0 aromatic heterocycles. The van der Waals surface area contributed by atoms with Gasteiger partial charge in [-0.2, -0.15) is 5.26 Å². The summed E-state index contributed by atoms with van der Waals surface area (Å²) in [7, 11) is 0. The van der Waals surface area contributed by atoms with Gasteiger partial charge in [0, 0.05) is 16.3 Å². The first-order chi connectivity index (χ1) is 11.9. The number of carbonyl (C=O) groups excluding carboxylic acids is 1. The first-order valence-electron chi connectivity index (χ1n) is 7.37. The van der Waals surface area contributed by atoms with Crippen molar-refractivity contribution in [2.45, 2.75) is 19.2 Å². The Hall–Kier alpha value is -2.62. The SMILES string of the molecule is C[C@](O)(COc1ccc(Cl)cc1)C(=O)Nc1ccc(C#N)c(CF)c1. The summed E-state index contributed by atoms with van der Waals surface area (Å²) in [6, 6.07) is 12.6. The maximum Gasteiger partial charge on any atom is 0.259 e. The molecule has 0 spiro atoms. The summed E-state index contributed by atoms with van der Waals surface area (Å²) in [4.78, 5) is 12.2. The van der Waals surface area contributed by atoms with Crippen molar-refractivity contribution in [1.82, 2.24) is 0 Å². The van der Waals surface area contributed by atoms with Crippen LogP contribution < -0.4 is 10.1 Å². The third-order valence-corrected chi connectivity index (χ3v) is 3.70. The highest BCUT2D eigenvalue weighted by molar-refractivity contribution is 6.30. The van der Waals surface area contributed by atoms with E-state index < -0.39 is 18.2 Å². The molecule has 0 aliphatic carbocycles. The van der Waals surface area contributed by atoms with E-state index in [2.05, 4.69) is 5.32 Å². The number of anilines is 1. The Morgan fingerprint density at radius 1 is 1.36 bits per heavy atom. The van der Waals surface area contributed by atoms with Gasteiger partial charge in [-0.25, -0.2) is 4.39 Å². The van der Waals surface area contributed by atoms with Crippen molar-refractivity contribution in [3.8, 4) is 11.8 Å². The van der Waals surface area contributed by atoms with Crippen molar-refractivity contribution in [3.63, 3.8) is 0 Å². The topological polar surface area (TPSA) is 82.3 Å². The summed E-state index contributed by atoms with van der Waals surface area (Å²) in [5.41, 5.74) is -1.18. The molecule has 0 fully saturated rings. The van der Waals surface area contributed by atoms with Gasteiger partial charge in [0.1, 0.15) is 19.0 Å². The van der Waals surface area contributed by atoms with E-state index >= 15 is 0 Å². The molecule has 0 bridgehead atoms. The number of carbonyl (C=O) groups is 1. The maximum absolute atomic E-state index is 12.9. The molecule has 0 radical (unpaired) electrons. The van der Waals surface area contributed by atoms with E-state index in [9.17, 15) is 14.3 Å². The molecule has 5 nitrogen and oxygen atoms in total. The summed E-state index contributed by atoms with van der Waals surface area (Å²) in [5.74, 6) is -0.258. The lowest BCUT2D eigenvalue weighted by Gasteiger charge is -2.22. The number of benzene rings is 2. The van der Waals surface area contributed by atoms with Crippen LogP contribution in [0, 0.1) is 11.3 Å². The average Bonchev–Trinajstić information content (AvgIpc) is 2.61. The Kier molecular flexibility index (Phi) is 5.97. The average molecular weight is 363 g/mol. The van der Waals surface area contributed by atoms with Crippen LogP contribution in [-0.4, -0.2) is 23.2 Å². The first kappa shape index (κ1) is 18.7. The van der Waals surface area contributed by atoms with Crippen molar-refractivity contribution in [1.29, 1.82) is 5.26 Å². The minimum absolute atomic E-state index is 0.164. The van der Waals surface area contributed by atoms with Crippen LogP contribution in [-0.2, 0) is 11.5 Å². The van der Waals surface area contributed by atoms with Gasteiger partial charge in [-0.15, -0.1) is 0 Å². The fraction of sp³-hybridized carbons (Fsp3) is 0.222. The number of amides is 1. The zero-order valence-corrected chi connectivity index (χ0v) is 14.2. The third kappa shape index (κ3) is 4.92. The van der Waals surface area contributed by atoms with Gasteiger partial charge in [0.2, 0.25) is 0 Å². The zero-order valence-electron chi connectivity index (χ0n) is 13.4. The van der Waals surface area contributed by atoms with Crippen LogP contribution in [0.2, 0.25) is 5.02 Å². The summed E-state index contributed by atoms with van der Waals surface area (Å²) >= 11 is 5.77. The molecule has 7 heteroatoms. The lowest BCUT2D eigenvalue weighted by molar-refractivity contribution is -0.135. The maximum atomic E-state index is 12.9. The molecule has 0 aliphatic rings. The Balaban J connectivity index is 2.03. The molecule has 0 heterocycles. The third-order valence-electron chi connectivity index (χ3n) is 3.45. The first-order valence-corrected chi connectivity index (χ1v) is 7.74. The number of nitrogens with zero attached hydrogens (tertiary/aromatic N) is 1. The second-order valence-electron chi connectivity index (χ2n) is 5.59. The summed E-state index contributed by atoms with van der Waals surface area (Å²) in [5, 5.41) is 22.2. The fourth-order valence-electron chi connectivity index (χ4n) is 1.98. The molecule has 130 valence electrons. The van der Waals surface area contributed by atoms with Crippen LogP contribution >= 0.6 is 11.6 Å². The van der Waals surface area contributed by atoms with Crippen molar-refractivity contribution in [3.05, 3.63) is 58.6 Å². The van der Waals surface area contributed by atoms with Crippen LogP contribution in [0.4, 0.5) is 10.1 Å². The predicted octanol–water partition coefficient (Wildman–Crippen LogP) is 3.45. The lowest BCUT2D eigenvalue weighted by atomic mass is 10.1. The standard InChI is InChI=1S/C18H16ClFN2O3/c1-18(24,11-25-16-6-3-14(19)4-7-16)17(23)22-15-5-2-12(10-21)13(8-15)9-20/h2-8,24H,9,11H2,1H3,(H,22,23)/t18-/m0/s1. The Morgan fingerprint density at radius 3 is 2.64 bits per heavy atom. The number of aliphatic hydroxyl groups is 1. The number of nitriles is 1. The fourth-order valence-corrected chi connectivity index (χ4v) is 2.10. The minimum Gasteiger partial charge on any atom is -0.490 e. The van der Waals surface area contributed by atoms with Crippen molar-refractivity contribution in [2.24, 2.45) is 0 Å². The summed E-state index contributed by atoms with van der Waals surface area (Å²) < 4.78 is 18.3. The number of alkyl halides is 1. The summed E-state index contributed by atoms with van der Waals surface area (Å²) in [6.45, 7) is 0.188. The van der Waals surface area contributed by atoms with E-state index in [1.165, 1.54) is 25.1 Å². The number of halogens is 2. The van der Waals surface area contributed by atoms with Gasteiger partial charge in [0.15, 0.2) is 5.60 Å². The molecule has 1 amide bonds. The van der Waals surface area contributed by atoms with Gasteiger partial charge < -0.3 is 15.2 Å². The Morgan fingerprint density at radius 2 is 2.04 bits per heavy atom. The molecule has 1 atom stereocenters. The van der Waals surface area contributed by atoms with Gasteiger partial charge in [0.05, 0.1) is 11.6 Å². The van der Waals surface area contributed by atoms with Gasteiger partial charge in [-0.05, 0) is 49.4 Å². The van der Waals surface area contributed by atoms with Crippen LogP contribution in [0.1, 0.15) is 18.1 Å². The van der Waals surface area contributed by atoms with Crippen molar-refractivity contribution < 1.29 is 19.0 Å². The molecular weight excluding hydrogens is 347 g/mol. The molecule has 2 aromatic rings. The van der Waals surface area contributed by atoms with E-state index in [0.29, 0.717) is 10.8 Å². The van der Waals surface area contributed by atoms with Crippen LogP contribution in [0.25, 0.3) is 0 Å². The van der Waals surface area contributed by atoms with E-state index in [-0.39, 0.29) is 23.4 Å². The molecule has 2 rings (SSSR count). The normalized spacial score (nSPS) is 12.8. The van der Waals surface area contributed by atoms with E-state index in [1.54, 1.807) is 24.3 Å². The van der Waals surface area contributed by atoms with Crippen LogP contribution in [0.3, 0.4) is 0 Å². The van der Waals surface area contributed by atoms with Gasteiger partial charge in [0.25, 0.3) is 5.91 Å². The molecule has 2 N–H and O–H groups in total. The molecule has 0 aliphatic heterocycles. The Labute approximate surface area is 149 Å². The molecular formula is C18H16ClFN2O3. The number of rotatable bonds is 6. The second-order valence-corrected chi connectivity index (χ2v) is 6.02. The highest BCUT2D eigenvalue weighted by Crippen LogP contribution is 2.20. The zero-order chi connectivity index (χ0) is 18.4. The molecule has 0 saturated heterocycles. The van der Waals surface area contributed by atoms with Crippen LogP contribution in [0.15, 0.2) is 42.5 Å². The molecule has 0 unspecified atom stereocenters. The van der Waals surface area contributed by atoms with Gasteiger partial charge in [-0.1, -0.05) is 11.6 Å². The number of hydrogen-bond acceptors (Lipinski definition) is 4. The molecule has 25 heavy (non-hydrogen) atoms. The highest BCUT2D eigenvalue weighted by atomic mass is 35.5. The number of ether oxygens (including phenoxy) is 1.